The van der Waals surface area contributed by atoms with Crippen molar-refractivity contribution in [2.75, 3.05) is 39.1 Å². The van der Waals surface area contributed by atoms with Gasteiger partial charge in [-0.05, 0) is 34.0 Å². The quantitative estimate of drug-likeness (QED) is 0.902. The predicted octanol–water partition coefficient (Wildman–Crippen LogP) is 1.81. The van der Waals surface area contributed by atoms with Crippen LogP contribution in [0.2, 0.25) is 0 Å². The van der Waals surface area contributed by atoms with E-state index in [1.54, 1.807) is 11.3 Å². The molecule has 0 aliphatic carbocycles. The van der Waals surface area contributed by atoms with Gasteiger partial charge in [0.25, 0.3) is 0 Å². The van der Waals surface area contributed by atoms with E-state index >= 15 is 0 Å². The van der Waals surface area contributed by atoms with E-state index in [1.807, 2.05) is 7.05 Å². The fraction of sp³-hybridized carbons (Fsp3) is 0.769. The monoisotopic (exact) mass is 268 g/mol. The van der Waals surface area contributed by atoms with Crippen molar-refractivity contribution in [2.24, 2.45) is 5.92 Å². The maximum absolute atomic E-state index is 4.75. The minimum absolute atomic E-state index is 0.333. The van der Waals surface area contributed by atoms with Gasteiger partial charge < -0.3 is 15.1 Å². The molecule has 4 nitrogen and oxygen atoms in total. The first-order valence-electron chi connectivity index (χ1n) is 6.57. The highest BCUT2D eigenvalue weighted by Crippen LogP contribution is 2.30. The molecule has 5 heteroatoms. The van der Waals surface area contributed by atoms with Gasteiger partial charge in [-0.3, -0.25) is 0 Å². The number of hydrogen-bond acceptors (Lipinski definition) is 5. The van der Waals surface area contributed by atoms with E-state index in [0.29, 0.717) is 18.0 Å². The molecule has 2 heterocycles. The Hall–Kier alpha value is -0.650. The van der Waals surface area contributed by atoms with Crippen molar-refractivity contribution in [3.05, 3.63) is 11.1 Å². The molecule has 18 heavy (non-hydrogen) atoms. The predicted molar refractivity (Wildman–Crippen MR) is 78.4 cm³/mol. The molecule has 1 aromatic heterocycles. The smallest absolute Gasteiger partial charge is 0.185 e. The Balaban J connectivity index is 2.07. The largest absolute Gasteiger partial charge is 0.346 e. The van der Waals surface area contributed by atoms with Crippen molar-refractivity contribution < 1.29 is 0 Å². The molecule has 0 radical (unpaired) electrons. The molecule has 3 unspecified atom stereocenters. The highest BCUT2D eigenvalue weighted by atomic mass is 32.1. The first-order chi connectivity index (χ1) is 8.52. The maximum Gasteiger partial charge on any atom is 0.185 e. The summed E-state index contributed by atoms with van der Waals surface area (Å²) in [5, 5.41) is 6.58. The van der Waals surface area contributed by atoms with Crippen LogP contribution < -0.4 is 10.2 Å². The van der Waals surface area contributed by atoms with Gasteiger partial charge in [-0.1, -0.05) is 6.92 Å². The zero-order valence-corrected chi connectivity index (χ0v) is 12.8. The molecule has 0 bridgehead atoms. The van der Waals surface area contributed by atoms with Crippen LogP contribution in [-0.2, 0) is 0 Å². The summed E-state index contributed by atoms with van der Waals surface area (Å²) in [7, 11) is 6.31. The third-order valence-electron chi connectivity index (χ3n) is 3.89. The summed E-state index contributed by atoms with van der Waals surface area (Å²) in [4.78, 5) is 9.51. The van der Waals surface area contributed by atoms with Crippen LogP contribution in [0.15, 0.2) is 5.38 Å². The van der Waals surface area contributed by atoms with Crippen LogP contribution in [0.5, 0.6) is 0 Å². The van der Waals surface area contributed by atoms with Crippen LogP contribution >= 0.6 is 11.3 Å². The van der Waals surface area contributed by atoms with Crippen LogP contribution in [0.1, 0.15) is 25.6 Å². The van der Waals surface area contributed by atoms with Gasteiger partial charge in [-0.2, -0.15) is 0 Å². The van der Waals surface area contributed by atoms with Crippen LogP contribution in [0, 0.1) is 5.92 Å². The van der Waals surface area contributed by atoms with Gasteiger partial charge in [0, 0.05) is 30.6 Å². The Morgan fingerprint density at radius 3 is 2.78 bits per heavy atom. The van der Waals surface area contributed by atoms with E-state index in [4.69, 9.17) is 4.98 Å². The molecule has 0 spiro atoms. The van der Waals surface area contributed by atoms with E-state index in [-0.39, 0.29) is 0 Å². The molecule has 0 saturated carbocycles. The number of hydrogen-bond donors (Lipinski definition) is 1. The van der Waals surface area contributed by atoms with Gasteiger partial charge >= 0.3 is 0 Å². The van der Waals surface area contributed by atoms with Crippen LogP contribution in [-0.4, -0.2) is 50.2 Å². The first kappa shape index (κ1) is 13.8. The lowest BCUT2D eigenvalue weighted by Gasteiger charge is -2.22. The second-order valence-corrected chi connectivity index (χ2v) is 6.32. The first-order valence-corrected chi connectivity index (χ1v) is 7.45. The summed E-state index contributed by atoms with van der Waals surface area (Å²) in [5.41, 5.74) is 1.15. The van der Waals surface area contributed by atoms with E-state index < -0.39 is 0 Å². The molecule has 1 aliphatic rings. The molecule has 1 aliphatic heterocycles. The number of thiazole rings is 1. The van der Waals surface area contributed by atoms with Crippen molar-refractivity contribution in [3.8, 4) is 0 Å². The topological polar surface area (TPSA) is 31.4 Å². The van der Waals surface area contributed by atoms with Gasteiger partial charge in [0.2, 0.25) is 0 Å². The molecule has 1 aromatic rings. The molecule has 2 rings (SSSR count). The highest BCUT2D eigenvalue weighted by Gasteiger charge is 2.32. The lowest BCUT2D eigenvalue weighted by molar-refractivity contribution is 0.266. The van der Waals surface area contributed by atoms with Crippen molar-refractivity contribution in [1.29, 1.82) is 0 Å². The number of anilines is 1. The molecule has 0 amide bonds. The Bertz CT molecular complexity index is 390. The third-order valence-corrected chi connectivity index (χ3v) is 4.81. The average molecular weight is 268 g/mol. The second-order valence-electron chi connectivity index (χ2n) is 5.48. The number of aromatic nitrogens is 1. The second kappa shape index (κ2) is 5.55. The summed E-state index contributed by atoms with van der Waals surface area (Å²) >= 11 is 1.76. The normalized spacial score (nSPS) is 26.0. The lowest BCUT2D eigenvalue weighted by Crippen LogP contribution is -2.34. The summed E-state index contributed by atoms with van der Waals surface area (Å²) in [6, 6.07) is 0.971. The average Bonchev–Trinajstić information content (AvgIpc) is 2.93. The molecule has 0 aromatic carbocycles. The van der Waals surface area contributed by atoms with Gasteiger partial charge in [0.05, 0.1) is 5.69 Å². The third kappa shape index (κ3) is 2.68. The fourth-order valence-corrected chi connectivity index (χ4v) is 3.49. The van der Waals surface area contributed by atoms with Gasteiger partial charge in [0.15, 0.2) is 5.13 Å². The van der Waals surface area contributed by atoms with Crippen molar-refractivity contribution in [1.82, 2.24) is 15.2 Å². The van der Waals surface area contributed by atoms with Crippen LogP contribution in [0.3, 0.4) is 0 Å². The van der Waals surface area contributed by atoms with Crippen molar-refractivity contribution in [2.45, 2.75) is 25.9 Å². The summed E-state index contributed by atoms with van der Waals surface area (Å²) < 4.78 is 0. The van der Waals surface area contributed by atoms with Gasteiger partial charge in [0.1, 0.15) is 0 Å². The maximum atomic E-state index is 4.75. The molecular weight excluding hydrogens is 244 g/mol. The van der Waals surface area contributed by atoms with Crippen molar-refractivity contribution in [3.63, 3.8) is 0 Å². The number of likely N-dealkylation sites (N-methyl/N-ethyl adjacent to an activating group) is 1. The molecule has 102 valence electrons. The Labute approximate surface area is 114 Å². The molecular formula is C13H24N4S. The van der Waals surface area contributed by atoms with Crippen LogP contribution in [0.4, 0.5) is 5.13 Å². The highest BCUT2D eigenvalue weighted by molar-refractivity contribution is 7.13. The zero-order valence-electron chi connectivity index (χ0n) is 12.0. The minimum Gasteiger partial charge on any atom is -0.346 e. The zero-order chi connectivity index (χ0) is 13.3. The van der Waals surface area contributed by atoms with Crippen LogP contribution in [0.25, 0.3) is 0 Å². The molecule has 3 atom stereocenters. The van der Waals surface area contributed by atoms with E-state index in [9.17, 15) is 0 Å². The SMILES string of the molecule is CNC(C)c1csc(N2CC(C)C(N(C)C)C2)n1. The Morgan fingerprint density at radius 1 is 1.50 bits per heavy atom. The molecule has 1 N–H and O–H groups in total. The van der Waals surface area contributed by atoms with E-state index in [0.717, 1.165) is 18.8 Å². The van der Waals surface area contributed by atoms with Gasteiger partial charge in [-0.25, -0.2) is 4.98 Å². The molecule has 1 fully saturated rings. The summed E-state index contributed by atoms with van der Waals surface area (Å²) in [5.74, 6) is 0.703. The Morgan fingerprint density at radius 2 is 2.22 bits per heavy atom. The standard InChI is InChI=1S/C13H24N4S/c1-9-6-17(7-12(9)16(4)5)13-15-11(8-18-13)10(2)14-3/h8-10,12,14H,6-7H2,1-5H3. The number of nitrogens with zero attached hydrogens (tertiary/aromatic N) is 3. The van der Waals surface area contributed by atoms with E-state index in [1.165, 1.54) is 5.13 Å². The Kier molecular flexibility index (Phi) is 4.25. The fourth-order valence-electron chi connectivity index (χ4n) is 2.55. The lowest BCUT2D eigenvalue weighted by atomic mass is 10.1. The number of rotatable bonds is 4. The van der Waals surface area contributed by atoms with Crippen molar-refractivity contribution >= 4 is 16.5 Å². The summed E-state index contributed by atoms with van der Waals surface area (Å²) in [6.45, 7) is 6.68. The van der Waals surface area contributed by atoms with E-state index in [2.05, 4.69) is 48.4 Å². The molecule has 1 saturated heterocycles. The van der Waals surface area contributed by atoms with Gasteiger partial charge in [-0.15, -0.1) is 11.3 Å². The number of nitrogens with one attached hydrogen (secondary N) is 1. The summed E-state index contributed by atoms with van der Waals surface area (Å²) in [6.07, 6.45) is 0. The minimum atomic E-state index is 0.333.